The summed E-state index contributed by atoms with van der Waals surface area (Å²) in [7, 11) is 0. The number of rotatable bonds is 4. The number of aromatic nitrogens is 3. The molecule has 0 fully saturated rings. The molecule has 0 saturated heterocycles. The molecule has 0 radical (unpaired) electrons. The third-order valence-corrected chi connectivity index (χ3v) is 3.15. The quantitative estimate of drug-likeness (QED) is 0.770. The highest BCUT2D eigenvalue weighted by molar-refractivity contribution is 5.98. The van der Waals surface area contributed by atoms with Crippen molar-refractivity contribution in [3.05, 3.63) is 60.6 Å². The lowest BCUT2D eigenvalue weighted by atomic mass is 10.1. The molecule has 3 aromatic rings. The molecule has 0 spiro atoms. The Hall–Kier alpha value is -2.89. The minimum absolute atomic E-state index is 0.284. The van der Waals surface area contributed by atoms with Crippen molar-refractivity contribution in [3.8, 4) is 11.1 Å². The van der Waals surface area contributed by atoms with Crippen molar-refractivity contribution in [2.45, 2.75) is 13.0 Å². The second kappa shape index (κ2) is 5.62. The molecule has 2 aromatic heterocycles. The summed E-state index contributed by atoms with van der Waals surface area (Å²) >= 11 is 0. The Morgan fingerprint density at radius 3 is 2.81 bits per heavy atom. The van der Waals surface area contributed by atoms with Gasteiger partial charge < -0.3 is 9.73 Å². The molecular weight excluding hydrogens is 268 g/mol. The molecule has 2 N–H and O–H groups in total. The van der Waals surface area contributed by atoms with E-state index in [4.69, 9.17) is 4.42 Å². The van der Waals surface area contributed by atoms with E-state index in [0.29, 0.717) is 5.82 Å². The SMILES string of the molecule is CC(NC(=O)c1occc1-c1ccccc1)c1ncn[nH]1. The topological polar surface area (TPSA) is 83.8 Å². The summed E-state index contributed by atoms with van der Waals surface area (Å²) < 4.78 is 5.34. The second-order valence-corrected chi connectivity index (χ2v) is 4.60. The fourth-order valence-corrected chi connectivity index (χ4v) is 2.08. The van der Waals surface area contributed by atoms with Crippen molar-refractivity contribution < 1.29 is 9.21 Å². The van der Waals surface area contributed by atoms with Gasteiger partial charge in [-0.05, 0) is 18.6 Å². The summed E-state index contributed by atoms with van der Waals surface area (Å²) in [6.45, 7) is 1.82. The number of benzene rings is 1. The van der Waals surface area contributed by atoms with E-state index in [2.05, 4.69) is 20.5 Å². The average Bonchev–Trinajstić information content (AvgIpc) is 3.19. The summed E-state index contributed by atoms with van der Waals surface area (Å²) in [5.74, 6) is 0.589. The lowest BCUT2D eigenvalue weighted by molar-refractivity contribution is 0.0911. The summed E-state index contributed by atoms with van der Waals surface area (Å²) in [5, 5.41) is 9.32. The monoisotopic (exact) mass is 282 g/mol. The summed E-state index contributed by atoms with van der Waals surface area (Å²) in [6.07, 6.45) is 2.91. The van der Waals surface area contributed by atoms with Crippen LogP contribution in [0.5, 0.6) is 0 Å². The number of nitrogens with one attached hydrogen (secondary N) is 2. The van der Waals surface area contributed by atoms with Crippen LogP contribution in [0.3, 0.4) is 0 Å². The Balaban J connectivity index is 1.82. The van der Waals surface area contributed by atoms with Gasteiger partial charge in [0.25, 0.3) is 5.91 Å². The number of amides is 1. The molecule has 21 heavy (non-hydrogen) atoms. The maximum Gasteiger partial charge on any atom is 0.288 e. The molecule has 1 atom stereocenters. The molecule has 2 heterocycles. The van der Waals surface area contributed by atoms with Crippen LogP contribution >= 0.6 is 0 Å². The first kappa shape index (κ1) is 13.1. The molecule has 6 nitrogen and oxygen atoms in total. The smallest absolute Gasteiger partial charge is 0.288 e. The Bertz CT molecular complexity index is 719. The van der Waals surface area contributed by atoms with Crippen molar-refractivity contribution in [2.24, 2.45) is 0 Å². The van der Waals surface area contributed by atoms with Gasteiger partial charge in [-0.1, -0.05) is 30.3 Å². The first-order valence-corrected chi connectivity index (χ1v) is 6.54. The van der Waals surface area contributed by atoms with Gasteiger partial charge in [0.1, 0.15) is 12.2 Å². The van der Waals surface area contributed by atoms with E-state index in [9.17, 15) is 4.79 Å². The normalized spacial score (nSPS) is 12.0. The first-order chi connectivity index (χ1) is 10.3. The highest BCUT2D eigenvalue weighted by Crippen LogP contribution is 2.25. The fourth-order valence-electron chi connectivity index (χ4n) is 2.08. The molecule has 1 unspecified atom stereocenters. The molecule has 0 aliphatic carbocycles. The zero-order valence-electron chi connectivity index (χ0n) is 11.4. The van der Waals surface area contributed by atoms with E-state index < -0.39 is 0 Å². The number of furan rings is 1. The van der Waals surface area contributed by atoms with E-state index in [0.717, 1.165) is 11.1 Å². The Labute approximate surface area is 121 Å². The first-order valence-electron chi connectivity index (χ1n) is 6.54. The largest absolute Gasteiger partial charge is 0.459 e. The van der Waals surface area contributed by atoms with Crippen LogP contribution in [-0.2, 0) is 0 Å². The molecule has 0 bridgehead atoms. The molecule has 0 saturated carbocycles. The average molecular weight is 282 g/mol. The highest BCUT2D eigenvalue weighted by atomic mass is 16.3. The van der Waals surface area contributed by atoms with E-state index in [1.165, 1.54) is 12.6 Å². The maximum atomic E-state index is 12.3. The van der Waals surface area contributed by atoms with Crippen LogP contribution in [0.25, 0.3) is 11.1 Å². The van der Waals surface area contributed by atoms with E-state index in [1.807, 2.05) is 37.3 Å². The fraction of sp³-hybridized carbons (Fsp3) is 0.133. The summed E-state index contributed by atoms with van der Waals surface area (Å²) in [5.41, 5.74) is 1.70. The molecule has 1 amide bonds. The van der Waals surface area contributed by atoms with Crippen LogP contribution in [0.15, 0.2) is 53.4 Å². The van der Waals surface area contributed by atoms with Gasteiger partial charge in [-0.25, -0.2) is 4.98 Å². The van der Waals surface area contributed by atoms with Crippen LogP contribution in [0.1, 0.15) is 29.3 Å². The van der Waals surface area contributed by atoms with Gasteiger partial charge in [-0.15, -0.1) is 0 Å². The predicted octanol–water partition coefficient (Wildman–Crippen LogP) is 2.56. The predicted molar refractivity (Wildman–Crippen MR) is 76.4 cm³/mol. The maximum absolute atomic E-state index is 12.3. The minimum atomic E-state index is -0.289. The van der Waals surface area contributed by atoms with Gasteiger partial charge in [0.2, 0.25) is 0 Å². The van der Waals surface area contributed by atoms with Gasteiger partial charge in [0.15, 0.2) is 5.76 Å². The van der Waals surface area contributed by atoms with Crippen LogP contribution in [0.2, 0.25) is 0 Å². The van der Waals surface area contributed by atoms with Crippen molar-refractivity contribution in [1.82, 2.24) is 20.5 Å². The van der Waals surface area contributed by atoms with Gasteiger partial charge in [-0.2, -0.15) is 5.10 Å². The van der Waals surface area contributed by atoms with Crippen LogP contribution in [0.4, 0.5) is 0 Å². The number of H-pyrrole nitrogens is 1. The van der Waals surface area contributed by atoms with E-state index in [-0.39, 0.29) is 17.7 Å². The molecule has 0 aliphatic rings. The van der Waals surface area contributed by atoms with Gasteiger partial charge >= 0.3 is 0 Å². The number of nitrogens with zero attached hydrogens (tertiary/aromatic N) is 2. The zero-order valence-corrected chi connectivity index (χ0v) is 11.4. The standard InChI is InChI=1S/C15H14N4O2/c1-10(14-16-9-17-19-14)18-15(20)13-12(7-8-21-13)11-5-3-2-4-6-11/h2-10H,1H3,(H,18,20)(H,16,17,19). The number of carbonyl (C=O) groups excluding carboxylic acids is 1. The zero-order chi connectivity index (χ0) is 14.7. The molecule has 106 valence electrons. The number of carbonyl (C=O) groups is 1. The van der Waals surface area contributed by atoms with Crippen molar-refractivity contribution in [1.29, 1.82) is 0 Å². The number of hydrogen-bond donors (Lipinski definition) is 2. The third kappa shape index (κ3) is 2.69. The van der Waals surface area contributed by atoms with Crippen molar-refractivity contribution >= 4 is 5.91 Å². The molecule has 0 aliphatic heterocycles. The number of aromatic amines is 1. The van der Waals surface area contributed by atoms with Gasteiger partial charge in [0.05, 0.1) is 12.3 Å². The van der Waals surface area contributed by atoms with E-state index >= 15 is 0 Å². The van der Waals surface area contributed by atoms with Crippen molar-refractivity contribution in [3.63, 3.8) is 0 Å². The summed E-state index contributed by atoms with van der Waals surface area (Å²) in [6, 6.07) is 11.1. The Kier molecular flexibility index (Phi) is 3.51. The lowest BCUT2D eigenvalue weighted by Gasteiger charge is -2.10. The van der Waals surface area contributed by atoms with Gasteiger partial charge in [-0.3, -0.25) is 9.89 Å². The molecule has 1 aromatic carbocycles. The van der Waals surface area contributed by atoms with E-state index in [1.54, 1.807) is 6.07 Å². The number of hydrogen-bond acceptors (Lipinski definition) is 4. The molecule has 3 rings (SSSR count). The molecule has 6 heteroatoms. The van der Waals surface area contributed by atoms with Crippen molar-refractivity contribution in [2.75, 3.05) is 0 Å². The Morgan fingerprint density at radius 2 is 2.10 bits per heavy atom. The lowest BCUT2D eigenvalue weighted by Crippen LogP contribution is -2.27. The highest BCUT2D eigenvalue weighted by Gasteiger charge is 2.19. The third-order valence-electron chi connectivity index (χ3n) is 3.15. The molecular formula is C15H14N4O2. The van der Waals surface area contributed by atoms with Crippen LogP contribution in [-0.4, -0.2) is 21.1 Å². The second-order valence-electron chi connectivity index (χ2n) is 4.60. The minimum Gasteiger partial charge on any atom is -0.459 e. The Morgan fingerprint density at radius 1 is 1.29 bits per heavy atom. The summed E-state index contributed by atoms with van der Waals surface area (Å²) in [4.78, 5) is 16.4. The van der Waals surface area contributed by atoms with Crippen LogP contribution in [0, 0.1) is 0 Å². The van der Waals surface area contributed by atoms with Crippen LogP contribution < -0.4 is 5.32 Å². The van der Waals surface area contributed by atoms with Gasteiger partial charge in [0, 0.05) is 5.56 Å².